The average molecular weight is 205 g/mol. The first-order valence-electron chi connectivity index (χ1n) is 4.88. The number of nitrogens with zero attached hydrogens (tertiary/aromatic N) is 4. The Labute approximate surface area is 86.3 Å². The van der Waals surface area contributed by atoms with Gasteiger partial charge in [0.05, 0.1) is 13.3 Å². The van der Waals surface area contributed by atoms with E-state index in [2.05, 4.69) is 20.7 Å². The third-order valence-corrected chi connectivity index (χ3v) is 2.57. The van der Waals surface area contributed by atoms with Crippen LogP contribution in [0.5, 0.6) is 0 Å². The summed E-state index contributed by atoms with van der Waals surface area (Å²) < 4.78 is 5.39. The Morgan fingerprint density at radius 3 is 3.33 bits per heavy atom. The molecule has 0 spiro atoms. The second-order valence-electron chi connectivity index (χ2n) is 3.57. The van der Waals surface area contributed by atoms with E-state index in [0.717, 1.165) is 24.3 Å². The zero-order valence-electron chi connectivity index (χ0n) is 8.34. The van der Waals surface area contributed by atoms with Gasteiger partial charge in [-0.2, -0.15) is 4.80 Å². The molecule has 1 unspecified atom stereocenters. The van der Waals surface area contributed by atoms with E-state index in [0.29, 0.717) is 5.82 Å². The molecule has 2 aromatic heterocycles. The maximum atomic E-state index is 5.39. The minimum absolute atomic E-state index is 0.0150. The Balaban J connectivity index is 2.02. The molecule has 1 atom stereocenters. The predicted molar refractivity (Wildman–Crippen MR) is 51.1 cm³/mol. The van der Waals surface area contributed by atoms with Crippen molar-refractivity contribution in [2.75, 3.05) is 6.54 Å². The predicted octanol–water partition coefficient (Wildman–Crippen LogP) is 0.0382. The summed E-state index contributed by atoms with van der Waals surface area (Å²) in [5.74, 6) is 1.71. The van der Waals surface area contributed by atoms with E-state index in [9.17, 15) is 0 Å². The molecule has 15 heavy (non-hydrogen) atoms. The van der Waals surface area contributed by atoms with E-state index in [-0.39, 0.29) is 6.04 Å². The zero-order chi connectivity index (χ0) is 10.3. The van der Waals surface area contributed by atoms with Crippen molar-refractivity contribution in [1.82, 2.24) is 25.5 Å². The number of furan rings is 1. The molecule has 1 N–H and O–H groups in total. The quantitative estimate of drug-likeness (QED) is 0.711. The molecule has 0 aromatic carbocycles. The lowest BCUT2D eigenvalue weighted by Crippen LogP contribution is -2.30. The van der Waals surface area contributed by atoms with Crippen LogP contribution in [0.15, 0.2) is 16.7 Å². The first-order chi connectivity index (χ1) is 7.34. The van der Waals surface area contributed by atoms with Gasteiger partial charge in [0, 0.05) is 18.5 Å². The van der Waals surface area contributed by atoms with Crippen LogP contribution < -0.4 is 5.32 Å². The molecule has 3 heterocycles. The molecule has 6 heteroatoms. The maximum absolute atomic E-state index is 5.39. The highest BCUT2D eigenvalue weighted by Gasteiger charge is 2.26. The Morgan fingerprint density at radius 1 is 1.60 bits per heavy atom. The van der Waals surface area contributed by atoms with Gasteiger partial charge in [-0.3, -0.25) is 0 Å². The summed E-state index contributed by atoms with van der Waals surface area (Å²) in [6, 6.07) is 1.98. The third kappa shape index (κ3) is 1.33. The van der Waals surface area contributed by atoms with Gasteiger partial charge in [-0.1, -0.05) is 0 Å². The first kappa shape index (κ1) is 8.60. The number of tetrazole rings is 1. The summed E-state index contributed by atoms with van der Waals surface area (Å²) in [6.45, 7) is 0.878. The van der Waals surface area contributed by atoms with Crippen molar-refractivity contribution in [3.63, 3.8) is 0 Å². The van der Waals surface area contributed by atoms with Crippen molar-refractivity contribution in [2.45, 2.75) is 12.5 Å². The Kier molecular flexibility index (Phi) is 1.81. The van der Waals surface area contributed by atoms with Gasteiger partial charge in [-0.15, -0.1) is 10.2 Å². The van der Waals surface area contributed by atoms with Crippen molar-refractivity contribution in [3.8, 4) is 0 Å². The molecular formula is C9H11N5O. The molecule has 6 nitrogen and oxygen atoms in total. The number of nitrogens with one attached hydrogen (secondary N) is 1. The van der Waals surface area contributed by atoms with Gasteiger partial charge < -0.3 is 9.73 Å². The smallest absolute Gasteiger partial charge is 0.196 e. The fraction of sp³-hybridized carbons (Fsp3) is 0.444. The second-order valence-corrected chi connectivity index (χ2v) is 3.57. The van der Waals surface area contributed by atoms with E-state index in [1.165, 1.54) is 4.80 Å². The van der Waals surface area contributed by atoms with Crippen LogP contribution in [0, 0.1) is 0 Å². The van der Waals surface area contributed by atoms with Crippen LogP contribution in [0.3, 0.4) is 0 Å². The van der Waals surface area contributed by atoms with Crippen LogP contribution in [0.2, 0.25) is 0 Å². The molecule has 78 valence electrons. The zero-order valence-corrected chi connectivity index (χ0v) is 8.34. The van der Waals surface area contributed by atoms with E-state index in [4.69, 9.17) is 4.42 Å². The SMILES string of the molecule is Cn1nnc(C2NCCc3occc32)n1. The number of aromatic nitrogens is 4. The van der Waals surface area contributed by atoms with Crippen LogP contribution in [0.1, 0.15) is 23.2 Å². The van der Waals surface area contributed by atoms with Crippen LogP contribution >= 0.6 is 0 Å². The first-order valence-corrected chi connectivity index (χ1v) is 4.88. The molecule has 0 bridgehead atoms. The number of hydrogen-bond acceptors (Lipinski definition) is 5. The summed E-state index contributed by atoms with van der Waals surface area (Å²) in [5, 5.41) is 15.4. The molecule has 0 radical (unpaired) electrons. The molecule has 2 aromatic rings. The van der Waals surface area contributed by atoms with Crippen molar-refractivity contribution >= 4 is 0 Å². The van der Waals surface area contributed by atoms with Gasteiger partial charge in [0.2, 0.25) is 0 Å². The summed E-state index contributed by atoms with van der Waals surface area (Å²) in [6.07, 6.45) is 2.63. The number of aryl methyl sites for hydroxylation is 1. The molecular weight excluding hydrogens is 194 g/mol. The van der Waals surface area contributed by atoms with Gasteiger partial charge in [0.25, 0.3) is 0 Å². The fourth-order valence-corrected chi connectivity index (χ4v) is 1.90. The normalized spacial score (nSPS) is 20.2. The summed E-state index contributed by atoms with van der Waals surface area (Å²) in [4.78, 5) is 1.46. The van der Waals surface area contributed by atoms with Crippen LogP contribution in [0.4, 0.5) is 0 Å². The Bertz CT molecular complexity index is 474. The van der Waals surface area contributed by atoms with Crippen LogP contribution in [0.25, 0.3) is 0 Å². The average Bonchev–Trinajstić information content (AvgIpc) is 2.84. The Morgan fingerprint density at radius 2 is 2.53 bits per heavy atom. The minimum atomic E-state index is 0.0150. The van der Waals surface area contributed by atoms with Gasteiger partial charge in [-0.05, 0) is 11.3 Å². The second kappa shape index (κ2) is 3.16. The van der Waals surface area contributed by atoms with Crippen molar-refractivity contribution < 1.29 is 4.42 Å². The van der Waals surface area contributed by atoms with E-state index < -0.39 is 0 Å². The van der Waals surface area contributed by atoms with Crippen molar-refractivity contribution in [2.24, 2.45) is 7.05 Å². The Hall–Kier alpha value is -1.69. The van der Waals surface area contributed by atoms with Crippen LogP contribution in [-0.2, 0) is 13.5 Å². The van der Waals surface area contributed by atoms with E-state index >= 15 is 0 Å². The molecule has 0 aliphatic carbocycles. The highest BCUT2D eigenvalue weighted by molar-refractivity contribution is 5.28. The highest BCUT2D eigenvalue weighted by atomic mass is 16.3. The van der Waals surface area contributed by atoms with Gasteiger partial charge in [-0.25, -0.2) is 0 Å². The number of hydrogen-bond donors (Lipinski definition) is 1. The minimum Gasteiger partial charge on any atom is -0.469 e. The summed E-state index contributed by atoms with van der Waals surface area (Å²) >= 11 is 0. The topological polar surface area (TPSA) is 68.8 Å². The lowest BCUT2D eigenvalue weighted by atomic mass is 10.0. The summed E-state index contributed by atoms with van der Waals surface area (Å²) in [7, 11) is 1.76. The largest absolute Gasteiger partial charge is 0.469 e. The lowest BCUT2D eigenvalue weighted by molar-refractivity contribution is 0.448. The lowest BCUT2D eigenvalue weighted by Gasteiger charge is -2.19. The van der Waals surface area contributed by atoms with E-state index in [1.807, 2.05) is 6.07 Å². The molecule has 0 fully saturated rings. The number of rotatable bonds is 1. The van der Waals surface area contributed by atoms with Gasteiger partial charge in [0.1, 0.15) is 11.8 Å². The van der Waals surface area contributed by atoms with Crippen LogP contribution in [-0.4, -0.2) is 26.8 Å². The molecule has 0 saturated carbocycles. The van der Waals surface area contributed by atoms with E-state index in [1.54, 1.807) is 13.3 Å². The third-order valence-electron chi connectivity index (χ3n) is 2.57. The molecule has 0 amide bonds. The number of fused-ring (bicyclic) bond motifs is 1. The molecule has 0 saturated heterocycles. The van der Waals surface area contributed by atoms with Crippen molar-refractivity contribution in [3.05, 3.63) is 29.5 Å². The molecule has 3 rings (SSSR count). The van der Waals surface area contributed by atoms with Crippen molar-refractivity contribution in [1.29, 1.82) is 0 Å². The van der Waals surface area contributed by atoms with Gasteiger partial charge in [0.15, 0.2) is 5.82 Å². The summed E-state index contributed by atoms with van der Waals surface area (Å²) in [5.41, 5.74) is 1.12. The van der Waals surface area contributed by atoms with Gasteiger partial charge >= 0.3 is 0 Å². The monoisotopic (exact) mass is 205 g/mol. The standard InChI is InChI=1S/C9H11N5O/c1-14-12-9(11-13-14)8-6-3-5-15-7(6)2-4-10-8/h3,5,8,10H,2,4H2,1H3. The molecule has 1 aliphatic heterocycles. The molecule has 1 aliphatic rings. The maximum Gasteiger partial charge on any atom is 0.196 e. The highest BCUT2D eigenvalue weighted by Crippen LogP contribution is 2.26. The fourth-order valence-electron chi connectivity index (χ4n) is 1.90.